The Balaban J connectivity index is 1.38. The van der Waals surface area contributed by atoms with Gasteiger partial charge in [0.15, 0.2) is 5.75 Å². The van der Waals surface area contributed by atoms with E-state index in [-0.39, 0.29) is 42.6 Å². The number of nitrogens with zero attached hydrogens (tertiary/aromatic N) is 3. The molecule has 6 N–H and O–H groups in total. The molecule has 5 aromatic carbocycles. The highest BCUT2D eigenvalue weighted by atomic mass is 32.2. The normalized spacial score (nSPS) is 16.8. The Hall–Kier alpha value is -6.48. The third-order valence-electron chi connectivity index (χ3n) is 10.5. The van der Waals surface area contributed by atoms with Gasteiger partial charge in [0.2, 0.25) is 10.0 Å². The van der Waals surface area contributed by atoms with Crippen LogP contribution in [0.4, 0.5) is 11.4 Å². The van der Waals surface area contributed by atoms with Crippen LogP contribution in [-0.4, -0.2) is 82.7 Å². The zero-order valence-corrected chi connectivity index (χ0v) is 35.3. The van der Waals surface area contributed by atoms with Crippen LogP contribution >= 0.6 is 0 Å². The van der Waals surface area contributed by atoms with Crippen LogP contribution in [0.1, 0.15) is 38.2 Å². The predicted molar refractivity (Wildman–Crippen MR) is 230 cm³/mol. The topological polar surface area (TPSA) is 254 Å². The van der Waals surface area contributed by atoms with Crippen molar-refractivity contribution in [3.63, 3.8) is 0 Å². The number of amides is 3. The van der Waals surface area contributed by atoms with Gasteiger partial charge in [-0.05, 0) is 71.7 Å². The summed E-state index contributed by atoms with van der Waals surface area (Å²) < 4.78 is 87.8. The number of sulfonamides is 1. The first-order valence-electron chi connectivity index (χ1n) is 19.2. The maximum absolute atomic E-state index is 15.3. The molecule has 7 rings (SSSR count). The van der Waals surface area contributed by atoms with Gasteiger partial charge in [0.05, 0.1) is 22.7 Å². The largest absolute Gasteiger partial charge is 0.506 e. The van der Waals surface area contributed by atoms with Crippen LogP contribution in [0.25, 0.3) is 0 Å². The molecular weight excluding hydrogens is 861 g/mol. The van der Waals surface area contributed by atoms with Crippen LogP contribution in [0.5, 0.6) is 11.5 Å². The van der Waals surface area contributed by atoms with Crippen molar-refractivity contribution in [2.75, 3.05) is 21.7 Å². The fraction of sp³-hybridized carbons (Fsp3) is 0.214. The van der Waals surface area contributed by atoms with E-state index < -0.39 is 96.2 Å². The van der Waals surface area contributed by atoms with Crippen molar-refractivity contribution in [3.8, 4) is 11.5 Å². The molecule has 2 fully saturated rings. The van der Waals surface area contributed by atoms with Crippen molar-refractivity contribution < 1.29 is 49.9 Å². The molecule has 20 heteroatoms. The average molecular weight is 903 g/mol. The third kappa shape index (κ3) is 9.52. The van der Waals surface area contributed by atoms with Crippen molar-refractivity contribution in [2.24, 2.45) is 5.73 Å². The van der Waals surface area contributed by atoms with Crippen LogP contribution in [0.15, 0.2) is 121 Å². The van der Waals surface area contributed by atoms with Crippen LogP contribution in [0, 0.1) is 0 Å². The Morgan fingerprint density at radius 2 is 1.10 bits per heavy atom. The molecule has 2 aliphatic rings. The first kappa shape index (κ1) is 43.6. The maximum atomic E-state index is 15.3. The fourth-order valence-electron chi connectivity index (χ4n) is 7.91. The summed E-state index contributed by atoms with van der Waals surface area (Å²) in [6.07, 6.45) is -0.0743. The smallest absolute Gasteiger partial charge is 0.326 e. The molecule has 2 atom stereocenters. The van der Waals surface area contributed by atoms with Gasteiger partial charge in [-0.3, -0.25) is 14.4 Å². The van der Waals surface area contributed by atoms with Gasteiger partial charge in [-0.25, -0.2) is 26.5 Å². The lowest BCUT2D eigenvalue weighted by Gasteiger charge is -2.38. The Labute approximate surface area is 358 Å². The van der Waals surface area contributed by atoms with Crippen molar-refractivity contribution in [1.82, 2.24) is 13.7 Å². The zero-order chi connectivity index (χ0) is 44.4. The van der Waals surface area contributed by atoms with E-state index in [9.17, 15) is 41.4 Å². The van der Waals surface area contributed by atoms with Crippen molar-refractivity contribution in [3.05, 3.63) is 155 Å². The van der Waals surface area contributed by atoms with E-state index in [0.717, 1.165) is 9.87 Å². The fourth-order valence-corrected chi connectivity index (χ4v) is 12.2. The van der Waals surface area contributed by atoms with Gasteiger partial charge >= 0.3 is 20.4 Å². The average Bonchev–Trinajstić information content (AvgIpc) is 3.64. The molecule has 0 radical (unpaired) electrons. The molecule has 0 bridgehead atoms. The molecule has 62 heavy (non-hydrogen) atoms. The second-order valence-corrected chi connectivity index (χ2v) is 20.0. The van der Waals surface area contributed by atoms with Gasteiger partial charge in [-0.15, -0.1) is 0 Å². The molecule has 2 aliphatic heterocycles. The van der Waals surface area contributed by atoms with E-state index in [0.29, 0.717) is 21.0 Å². The Kier molecular flexibility index (Phi) is 12.3. The summed E-state index contributed by atoms with van der Waals surface area (Å²) in [7, 11) is -13.1. The molecule has 0 aromatic heterocycles. The van der Waals surface area contributed by atoms with E-state index in [1.165, 1.54) is 34.6 Å². The van der Waals surface area contributed by atoms with Crippen molar-refractivity contribution in [1.29, 1.82) is 0 Å². The highest BCUT2D eigenvalue weighted by molar-refractivity contribution is 7.92. The van der Waals surface area contributed by atoms with Gasteiger partial charge in [-0.2, -0.15) is 21.1 Å². The first-order chi connectivity index (χ1) is 29.4. The van der Waals surface area contributed by atoms with Crippen LogP contribution in [0.3, 0.4) is 0 Å². The minimum Gasteiger partial charge on any atom is -0.506 e. The molecule has 324 valence electrons. The number of phenols is 2. The van der Waals surface area contributed by atoms with Crippen LogP contribution in [-0.2, 0) is 71.5 Å². The lowest BCUT2D eigenvalue weighted by atomic mass is 9.92. The SMILES string of the molecule is NC(=O)c1c(C[C@H](Cc2ccccc2)N([C@@H](Cc2ccccc2)Cc2ccc(N3CC(=O)NS3(=O)=O)c(O)c2)S(=O)(=O)Cc2ccccc2)ccc(N2CC(=O)NS2(=O)=O)c1O. The van der Waals surface area contributed by atoms with Gasteiger partial charge in [0.25, 0.3) is 17.7 Å². The van der Waals surface area contributed by atoms with Gasteiger partial charge in [-0.1, -0.05) is 103 Å². The summed E-state index contributed by atoms with van der Waals surface area (Å²) in [4.78, 5) is 37.3. The van der Waals surface area contributed by atoms with Gasteiger partial charge in [0.1, 0.15) is 18.8 Å². The van der Waals surface area contributed by atoms with E-state index >= 15 is 8.42 Å². The Morgan fingerprint density at radius 1 is 0.645 bits per heavy atom. The highest BCUT2D eigenvalue weighted by Gasteiger charge is 2.40. The summed E-state index contributed by atoms with van der Waals surface area (Å²) >= 11 is 0. The molecular formula is C42H42N6O11S3. The molecule has 5 aromatic rings. The molecule has 2 heterocycles. The minimum atomic E-state index is -4.42. The molecule has 0 aliphatic carbocycles. The third-order valence-corrected chi connectivity index (χ3v) is 15.2. The number of aromatic hydroxyl groups is 2. The zero-order valence-electron chi connectivity index (χ0n) is 32.9. The molecule has 3 amide bonds. The number of nitrogens with two attached hydrogens (primary N) is 1. The number of carbonyl (C=O) groups excluding carboxylic acids is 3. The van der Waals surface area contributed by atoms with E-state index in [1.807, 2.05) is 39.8 Å². The summed E-state index contributed by atoms with van der Waals surface area (Å²) in [5.41, 5.74) is 7.28. The quantitative estimate of drug-likeness (QED) is 0.0962. The number of anilines is 2. The van der Waals surface area contributed by atoms with Gasteiger partial charge < -0.3 is 15.9 Å². The summed E-state index contributed by atoms with van der Waals surface area (Å²) in [5, 5.41) is 22.7. The van der Waals surface area contributed by atoms with Crippen molar-refractivity contribution >= 4 is 59.5 Å². The Bertz CT molecular complexity index is 2850. The van der Waals surface area contributed by atoms with E-state index in [1.54, 1.807) is 60.7 Å². The predicted octanol–water partition coefficient (Wildman–Crippen LogP) is 2.40. The second kappa shape index (κ2) is 17.5. The summed E-state index contributed by atoms with van der Waals surface area (Å²) in [5.74, 6) is -4.53. The lowest BCUT2D eigenvalue weighted by Crippen LogP contribution is -2.51. The monoisotopic (exact) mass is 902 g/mol. The number of hydrogen-bond donors (Lipinski definition) is 5. The van der Waals surface area contributed by atoms with Crippen LogP contribution in [0.2, 0.25) is 0 Å². The minimum absolute atomic E-state index is 0.0350. The number of nitrogens with one attached hydrogen (secondary N) is 2. The molecule has 17 nitrogen and oxygen atoms in total. The molecule has 0 unspecified atom stereocenters. The number of primary amides is 1. The first-order valence-corrected chi connectivity index (χ1v) is 23.7. The van der Waals surface area contributed by atoms with Crippen molar-refractivity contribution in [2.45, 2.75) is 43.5 Å². The number of rotatable bonds is 16. The number of hydrogen-bond acceptors (Lipinski definition) is 11. The van der Waals surface area contributed by atoms with Crippen LogP contribution < -0.4 is 23.8 Å². The summed E-state index contributed by atoms with van der Waals surface area (Å²) in [6, 6.07) is 31.4. The highest BCUT2D eigenvalue weighted by Crippen LogP contribution is 2.38. The second-order valence-electron chi connectivity index (χ2n) is 14.9. The molecule has 0 saturated carbocycles. The Morgan fingerprint density at radius 3 is 1.56 bits per heavy atom. The van der Waals surface area contributed by atoms with E-state index in [4.69, 9.17) is 5.73 Å². The van der Waals surface area contributed by atoms with Gasteiger partial charge in [0, 0.05) is 12.1 Å². The number of phenolic OH excluding ortho intramolecular Hbond substituents is 1. The lowest BCUT2D eigenvalue weighted by molar-refractivity contribution is -0.118. The number of benzene rings is 5. The van der Waals surface area contributed by atoms with E-state index in [2.05, 4.69) is 0 Å². The maximum Gasteiger partial charge on any atom is 0.326 e. The standard InChI is InChI=1S/C42H42N6O11S3/c43-42(53)40-32(17-19-36(41(40)52)47-26-39(51)45-62(47,58)59)24-34(21-29-12-6-2-7-13-29)48(60(54,55)27-30-14-8-3-9-15-30)33(20-28-10-4-1-5-11-28)22-31-16-18-35(37(49)23-31)46-25-38(50)44-61(46,56)57/h1-19,23,33-34,49,52H,20-22,24-27H2,(H2,43,53)(H,44,50)(H,45,51)/t33-,34-/m0/s1. The molecule has 0 spiro atoms. The molecule has 2 saturated heterocycles. The number of carbonyl (C=O) groups is 3. The summed E-state index contributed by atoms with van der Waals surface area (Å²) in [6.45, 7) is -1.22.